The number of hydrogen-bond donors (Lipinski definition) is 2. The van der Waals surface area contributed by atoms with Gasteiger partial charge in [-0.05, 0) is 93.5 Å². The zero-order chi connectivity index (χ0) is 37.7. The number of methoxy groups -OCH3 is 1. The molecule has 11 nitrogen and oxygen atoms in total. The number of rotatable bonds is 6. The summed E-state index contributed by atoms with van der Waals surface area (Å²) >= 11 is 1.56. The van der Waals surface area contributed by atoms with E-state index in [-0.39, 0.29) is 48.2 Å². The first-order valence-corrected chi connectivity index (χ1v) is 20.4. The van der Waals surface area contributed by atoms with Crippen LogP contribution in [-0.2, 0) is 42.2 Å². The minimum atomic E-state index is -0.785. The molecule has 0 radical (unpaired) electrons. The minimum absolute atomic E-state index is 0.0727. The van der Waals surface area contributed by atoms with E-state index in [0.29, 0.717) is 18.9 Å². The SMILES string of the molecule is CCn1c(-c2cccnc2[C@H](C)OC)c2c3cc(ccc31)-c1csc(n1)C1(CC1)[C@H](NC(=O)[C@H]1C[C@@H]1C)C(=O)N1C[C@H]3C[C@H]3[C@H](N1)C(=O)OCC(C)(C)C2. The van der Waals surface area contributed by atoms with Gasteiger partial charge in [-0.3, -0.25) is 24.4 Å². The fourth-order valence-electron chi connectivity index (χ4n) is 9.08. The molecule has 1 saturated heterocycles. The Morgan fingerprint density at radius 2 is 2.00 bits per heavy atom. The number of nitrogens with one attached hydrogen (secondary N) is 2. The lowest BCUT2D eigenvalue weighted by Crippen LogP contribution is -2.63. The Balaban J connectivity index is 1.20. The Bertz CT molecular complexity index is 2170. The first-order valence-electron chi connectivity index (χ1n) is 19.6. The van der Waals surface area contributed by atoms with Crippen molar-refractivity contribution in [2.45, 2.75) is 96.9 Å². The van der Waals surface area contributed by atoms with Crippen LogP contribution < -0.4 is 10.7 Å². The van der Waals surface area contributed by atoms with E-state index >= 15 is 0 Å². The number of fused-ring (bicyclic) bond motifs is 9. The highest BCUT2D eigenvalue weighted by molar-refractivity contribution is 7.10. The Morgan fingerprint density at radius 1 is 1.20 bits per heavy atom. The summed E-state index contributed by atoms with van der Waals surface area (Å²) in [7, 11) is 1.71. The number of hydrogen-bond acceptors (Lipinski definition) is 9. The number of esters is 1. The zero-order valence-corrected chi connectivity index (χ0v) is 32.8. The van der Waals surface area contributed by atoms with Crippen LogP contribution in [0, 0.1) is 29.1 Å². The van der Waals surface area contributed by atoms with Gasteiger partial charge < -0.3 is 19.4 Å². The molecule has 1 aromatic carbocycles. The number of cyclic esters (lactones) is 1. The highest BCUT2D eigenvalue weighted by Gasteiger charge is 2.60. The van der Waals surface area contributed by atoms with Gasteiger partial charge in [-0.25, -0.2) is 10.4 Å². The number of ether oxygens (including phenoxy) is 2. The normalized spacial score (nSPS) is 28.6. The van der Waals surface area contributed by atoms with E-state index in [1.54, 1.807) is 23.5 Å². The van der Waals surface area contributed by atoms with Gasteiger partial charge in [-0.1, -0.05) is 26.8 Å². The van der Waals surface area contributed by atoms with Gasteiger partial charge in [0.05, 0.1) is 35.2 Å². The fourth-order valence-corrected chi connectivity index (χ4v) is 10.2. The molecule has 9 rings (SSSR count). The molecule has 3 aromatic heterocycles. The lowest BCUT2D eigenvalue weighted by atomic mass is 9.84. The Kier molecular flexibility index (Phi) is 8.55. The average Bonchev–Trinajstić information content (AvgIpc) is 4.14. The number of nitrogens with zero attached hydrogens (tertiary/aromatic N) is 4. The van der Waals surface area contributed by atoms with Crippen LogP contribution in [0.2, 0.25) is 0 Å². The molecule has 2 aliphatic heterocycles. The highest BCUT2D eigenvalue weighted by Crippen LogP contribution is 2.54. The predicted octanol–water partition coefficient (Wildman–Crippen LogP) is 6.20. The minimum Gasteiger partial charge on any atom is -0.464 e. The van der Waals surface area contributed by atoms with Crippen molar-refractivity contribution in [2.75, 3.05) is 20.3 Å². The van der Waals surface area contributed by atoms with Crippen LogP contribution in [0.3, 0.4) is 0 Å². The molecule has 5 aliphatic rings. The molecular formula is C42H50N6O5S. The molecule has 12 heteroatoms. The second-order valence-electron chi connectivity index (χ2n) is 17.2. The van der Waals surface area contributed by atoms with E-state index in [1.807, 2.05) is 19.2 Å². The van der Waals surface area contributed by atoms with Gasteiger partial charge in [-0.2, -0.15) is 0 Å². The average molecular weight is 751 g/mol. The number of aryl methyl sites for hydroxylation is 1. The maximum atomic E-state index is 14.6. The number of aromatic nitrogens is 3. The third kappa shape index (κ3) is 5.96. The summed E-state index contributed by atoms with van der Waals surface area (Å²) in [6.45, 7) is 12.0. The molecule has 3 aliphatic carbocycles. The molecule has 4 aromatic rings. The van der Waals surface area contributed by atoms with Crippen LogP contribution in [0.1, 0.15) is 82.7 Å². The van der Waals surface area contributed by atoms with Crippen molar-refractivity contribution < 1.29 is 23.9 Å². The quantitative estimate of drug-likeness (QED) is 0.223. The predicted molar refractivity (Wildman–Crippen MR) is 206 cm³/mol. The van der Waals surface area contributed by atoms with E-state index in [0.717, 1.165) is 81.9 Å². The maximum absolute atomic E-state index is 14.6. The Hall–Kier alpha value is -4.13. The van der Waals surface area contributed by atoms with Gasteiger partial charge in [0, 0.05) is 65.1 Å². The number of amides is 2. The van der Waals surface area contributed by atoms with Gasteiger partial charge >= 0.3 is 5.97 Å². The maximum Gasteiger partial charge on any atom is 0.325 e. The van der Waals surface area contributed by atoms with Crippen molar-refractivity contribution in [3.8, 4) is 22.5 Å². The van der Waals surface area contributed by atoms with Gasteiger partial charge in [0.25, 0.3) is 5.91 Å². The molecule has 4 fully saturated rings. The summed E-state index contributed by atoms with van der Waals surface area (Å²) in [4.78, 5) is 52.2. The molecule has 54 heavy (non-hydrogen) atoms. The van der Waals surface area contributed by atoms with E-state index in [2.05, 4.69) is 72.7 Å². The van der Waals surface area contributed by atoms with Crippen LogP contribution in [-0.4, -0.2) is 69.7 Å². The largest absolute Gasteiger partial charge is 0.464 e. The van der Waals surface area contributed by atoms with Crippen molar-refractivity contribution in [2.24, 2.45) is 29.1 Å². The first kappa shape index (κ1) is 35.6. The molecule has 0 unspecified atom stereocenters. The summed E-state index contributed by atoms with van der Waals surface area (Å²) in [6, 6.07) is 9.26. The van der Waals surface area contributed by atoms with Crippen molar-refractivity contribution in [1.82, 2.24) is 30.3 Å². The number of benzene rings is 1. The number of hydrazine groups is 1. The number of thiazole rings is 1. The highest BCUT2D eigenvalue weighted by atomic mass is 32.1. The first-order chi connectivity index (χ1) is 25.9. The zero-order valence-electron chi connectivity index (χ0n) is 32.0. The van der Waals surface area contributed by atoms with E-state index in [4.69, 9.17) is 19.4 Å². The van der Waals surface area contributed by atoms with E-state index < -0.39 is 22.9 Å². The van der Waals surface area contributed by atoms with Crippen LogP contribution in [0.25, 0.3) is 33.4 Å². The lowest BCUT2D eigenvalue weighted by Gasteiger charge is -2.37. The number of carbonyl (C=O) groups excluding carboxylic acids is 3. The van der Waals surface area contributed by atoms with Gasteiger partial charge in [-0.15, -0.1) is 11.3 Å². The second kappa shape index (κ2) is 13.0. The van der Waals surface area contributed by atoms with Crippen LogP contribution in [0.5, 0.6) is 0 Å². The molecule has 5 heterocycles. The van der Waals surface area contributed by atoms with E-state index in [1.165, 1.54) is 0 Å². The fraction of sp³-hybridized carbons (Fsp3) is 0.548. The topological polar surface area (TPSA) is 128 Å². The molecular weight excluding hydrogens is 701 g/mol. The molecule has 6 bridgehead atoms. The standard InChI is InChI=1S/C42H50N6O5S/c1-7-47-32-11-10-24-16-29(32)30(35(47)26-9-8-14-43-33(26)23(3)52-6)18-41(4,5)21-53-39(51)34-28-17-25(28)19-48(46-34)38(50)36(45-37(49)27-15-22(27)2)42(12-13-42)40-44-31(24)20-54-40/h8-11,14,16,20,22-23,25,27-28,34,36,46H,7,12-13,15,17-19,21H2,1-6H3,(H,45,49)/t22-,23-,25+,27-,28+,34-,36+/m0/s1. The molecule has 2 amide bonds. The third-order valence-electron chi connectivity index (χ3n) is 12.8. The van der Waals surface area contributed by atoms with Crippen molar-refractivity contribution in [3.05, 3.63) is 58.2 Å². The van der Waals surface area contributed by atoms with E-state index in [9.17, 15) is 14.4 Å². The summed E-state index contributed by atoms with van der Waals surface area (Å²) in [5.74, 6) is -0.0562. The summed E-state index contributed by atoms with van der Waals surface area (Å²) in [6.07, 6.45) is 5.41. The number of carbonyl (C=O) groups is 3. The van der Waals surface area contributed by atoms with Crippen molar-refractivity contribution in [1.29, 1.82) is 0 Å². The Labute approximate surface area is 320 Å². The summed E-state index contributed by atoms with van der Waals surface area (Å²) < 4.78 is 14.4. The molecule has 7 atom stereocenters. The molecule has 1 spiro atoms. The summed E-state index contributed by atoms with van der Waals surface area (Å²) in [5, 5.41) is 8.89. The molecule has 3 saturated carbocycles. The molecule has 284 valence electrons. The van der Waals surface area contributed by atoms with Gasteiger partial charge in [0.1, 0.15) is 17.1 Å². The van der Waals surface area contributed by atoms with Crippen LogP contribution in [0.15, 0.2) is 41.9 Å². The summed E-state index contributed by atoms with van der Waals surface area (Å²) in [5.41, 5.74) is 9.35. The smallest absolute Gasteiger partial charge is 0.325 e. The third-order valence-corrected chi connectivity index (χ3v) is 13.8. The number of pyridine rings is 1. The molecule has 2 N–H and O–H groups in total. The van der Waals surface area contributed by atoms with Gasteiger partial charge in [0.15, 0.2) is 0 Å². The second-order valence-corrected chi connectivity index (χ2v) is 18.1. The monoisotopic (exact) mass is 750 g/mol. The van der Waals surface area contributed by atoms with Crippen molar-refractivity contribution in [3.63, 3.8) is 0 Å². The lowest BCUT2D eigenvalue weighted by molar-refractivity contribution is -0.156. The van der Waals surface area contributed by atoms with Crippen LogP contribution in [0.4, 0.5) is 0 Å². The van der Waals surface area contributed by atoms with Crippen LogP contribution >= 0.6 is 11.3 Å². The van der Waals surface area contributed by atoms with Crippen molar-refractivity contribution >= 4 is 40.0 Å². The van der Waals surface area contributed by atoms with Gasteiger partial charge in [0.2, 0.25) is 5.91 Å². The Morgan fingerprint density at radius 3 is 2.72 bits per heavy atom.